The Bertz CT molecular complexity index is 655. The number of benzene rings is 1. The van der Waals surface area contributed by atoms with E-state index in [0.29, 0.717) is 0 Å². The van der Waals surface area contributed by atoms with Crippen molar-refractivity contribution in [3.05, 3.63) is 59.4 Å². The van der Waals surface area contributed by atoms with E-state index in [9.17, 15) is 4.79 Å². The third-order valence-corrected chi connectivity index (χ3v) is 4.11. The van der Waals surface area contributed by atoms with E-state index in [1.165, 1.54) is 16.8 Å². The summed E-state index contributed by atoms with van der Waals surface area (Å²) in [6, 6.07) is 10.1. The Hall–Kier alpha value is -2.36. The molecule has 22 heavy (non-hydrogen) atoms. The van der Waals surface area contributed by atoms with E-state index in [-0.39, 0.29) is 6.42 Å². The number of hydrogen-bond acceptors (Lipinski definition) is 3. The highest BCUT2D eigenvalue weighted by Crippen LogP contribution is 2.28. The lowest BCUT2D eigenvalue weighted by molar-refractivity contribution is -0.136. The fourth-order valence-corrected chi connectivity index (χ4v) is 3.02. The molecule has 1 aromatic heterocycles. The fraction of sp³-hybridized carbons (Fsp3) is 0.333. The number of carbonyl (C=O) groups is 1. The van der Waals surface area contributed by atoms with Gasteiger partial charge in [-0.05, 0) is 48.1 Å². The van der Waals surface area contributed by atoms with Gasteiger partial charge in [0.1, 0.15) is 0 Å². The van der Waals surface area contributed by atoms with E-state index in [4.69, 9.17) is 5.11 Å². The van der Waals surface area contributed by atoms with Crippen LogP contribution in [0.3, 0.4) is 0 Å². The van der Waals surface area contributed by atoms with Crippen LogP contribution in [-0.4, -0.2) is 29.1 Å². The standard InChI is InChI=1S/C18H20N2O2/c21-18(22)12-15-5-6-16-4-2-9-20(17(16)11-15)10-7-14-3-1-8-19-13-14/h1,3,5-6,8,11,13H,2,4,7,9-10,12H2,(H,21,22). The van der Waals surface area contributed by atoms with Gasteiger partial charge < -0.3 is 10.0 Å². The van der Waals surface area contributed by atoms with Crippen molar-refractivity contribution in [2.75, 3.05) is 18.0 Å². The predicted octanol–water partition coefficient (Wildman–Crippen LogP) is 2.70. The van der Waals surface area contributed by atoms with Crippen LogP contribution >= 0.6 is 0 Å². The van der Waals surface area contributed by atoms with Crippen LogP contribution in [0.5, 0.6) is 0 Å². The van der Waals surface area contributed by atoms with Crippen LogP contribution in [0.1, 0.15) is 23.1 Å². The molecule has 0 spiro atoms. The molecule has 0 saturated heterocycles. The van der Waals surface area contributed by atoms with Crippen molar-refractivity contribution < 1.29 is 9.90 Å². The van der Waals surface area contributed by atoms with Gasteiger partial charge in [0.25, 0.3) is 0 Å². The lowest BCUT2D eigenvalue weighted by Crippen LogP contribution is -2.31. The quantitative estimate of drug-likeness (QED) is 0.921. The van der Waals surface area contributed by atoms with E-state index in [1.807, 2.05) is 24.4 Å². The fourth-order valence-electron chi connectivity index (χ4n) is 3.02. The lowest BCUT2D eigenvalue weighted by atomic mass is 9.98. The van der Waals surface area contributed by atoms with Gasteiger partial charge in [-0.15, -0.1) is 0 Å². The molecule has 0 aliphatic carbocycles. The normalized spacial score (nSPS) is 13.7. The minimum atomic E-state index is -0.780. The summed E-state index contributed by atoms with van der Waals surface area (Å²) in [6.45, 7) is 1.97. The first-order valence-corrected chi connectivity index (χ1v) is 7.70. The molecule has 1 aliphatic heterocycles. The van der Waals surface area contributed by atoms with Gasteiger partial charge in [-0.3, -0.25) is 9.78 Å². The van der Waals surface area contributed by atoms with E-state index >= 15 is 0 Å². The van der Waals surface area contributed by atoms with Crippen LogP contribution in [0.25, 0.3) is 0 Å². The number of aryl methyl sites for hydroxylation is 1. The van der Waals surface area contributed by atoms with Gasteiger partial charge in [-0.1, -0.05) is 18.2 Å². The number of carboxylic acid groups (broad SMARTS) is 1. The monoisotopic (exact) mass is 296 g/mol. The Labute approximate surface area is 130 Å². The summed E-state index contributed by atoms with van der Waals surface area (Å²) in [4.78, 5) is 17.4. The maximum Gasteiger partial charge on any atom is 0.307 e. The Morgan fingerprint density at radius 2 is 2.18 bits per heavy atom. The van der Waals surface area contributed by atoms with E-state index < -0.39 is 5.97 Å². The Morgan fingerprint density at radius 1 is 1.27 bits per heavy atom. The van der Waals surface area contributed by atoms with Gasteiger partial charge in [0.05, 0.1) is 6.42 Å². The molecule has 0 atom stereocenters. The van der Waals surface area contributed by atoms with Gasteiger partial charge in [-0.2, -0.15) is 0 Å². The van der Waals surface area contributed by atoms with Crippen molar-refractivity contribution in [1.29, 1.82) is 0 Å². The number of pyridine rings is 1. The molecule has 114 valence electrons. The molecule has 2 aromatic rings. The predicted molar refractivity (Wildman–Crippen MR) is 86.3 cm³/mol. The second-order valence-electron chi connectivity index (χ2n) is 5.74. The Morgan fingerprint density at radius 3 is 2.95 bits per heavy atom. The number of hydrogen-bond donors (Lipinski definition) is 1. The van der Waals surface area contributed by atoms with Gasteiger partial charge in [0.2, 0.25) is 0 Å². The number of nitrogens with zero attached hydrogens (tertiary/aromatic N) is 2. The first-order chi connectivity index (χ1) is 10.7. The van der Waals surface area contributed by atoms with Crippen LogP contribution in [0.4, 0.5) is 5.69 Å². The number of rotatable bonds is 5. The second-order valence-corrected chi connectivity index (χ2v) is 5.74. The van der Waals surface area contributed by atoms with Crippen molar-refractivity contribution in [3.63, 3.8) is 0 Å². The highest BCUT2D eigenvalue weighted by molar-refractivity contribution is 5.71. The van der Waals surface area contributed by atoms with E-state index in [2.05, 4.69) is 22.0 Å². The average Bonchev–Trinajstić information content (AvgIpc) is 2.53. The summed E-state index contributed by atoms with van der Waals surface area (Å²) in [5.74, 6) is -0.780. The van der Waals surface area contributed by atoms with Crippen LogP contribution in [0.15, 0.2) is 42.7 Å². The highest BCUT2D eigenvalue weighted by Gasteiger charge is 2.17. The van der Waals surface area contributed by atoms with Gasteiger partial charge in [-0.25, -0.2) is 0 Å². The summed E-state index contributed by atoms with van der Waals surface area (Å²) in [6.07, 6.45) is 6.97. The van der Waals surface area contributed by atoms with E-state index in [1.54, 1.807) is 6.20 Å². The molecule has 3 rings (SSSR count). The first-order valence-electron chi connectivity index (χ1n) is 7.70. The van der Waals surface area contributed by atoms with Crippen LogP contribution < -0.4 is 4.90 Å². The van der Waals surface area contributed by atoms with Crippen molar-refractivity contribution in [2.24, 2.45) is 0 Å². The zero-order valence-electron chi connectivity index (χ0n) is 12.5. The average molecular weight is 296 g/mol. The molecule has 1 aliphatic rings. The van der Waals surface area contributed by atoms with Crippen LogP contribution in [0.2, 0.25) is 0 Å². The zero-order valence-corrected chi connectivity index (χ0v) is 12.5. The van der Waals surface area contributed by atoms with Crippen molar-refractivity contribution in [3.8, 4) is 0 Å². The minimum Gasteiger partial charge on any atom is -0.481 e. The molecule has 0 radical (unpaired) electrons. The lowest BCUT2D eigenvalue weighted by Gasteiger charge is -2.32. The summed E-state index contributed by atoms with van der Waals surface area (Å²) in [5.41, 5.74) is 4.64. The van der Waals surface area contributed by atoms with Crippen molar-refractivity contribution >= 4 is 11.7 Å². The molecular formula is C18H20N2O2. The number of anilines is 1. The molecule has 0 bridgehead atoms. The maximum absolute atomic E-state index is 10.9. The largest absolute Gasteiger partial charge is 0.481 e. The summed E-state index contributed by atoms with van der Waals surface area (Å²) in [7, 11) is 0. The molecule has 0 unspecified atom stereocenters. The van der Waals surface area contributed by atoms with Gasteiger partial charge >= 0.3 is 5.97 Å². The molecular weight excluding hydrogens is 276 g/mol. The first kappa shape index (κ1) is 14.6. The molecule has 0 amide bonds. The molecule has 1 aromatic carbocycles. The molecule has 0 fully saturated rings. The number of aliphatic carboxylic acids is 1. The third kappa shape index (κ3) is 3.45. The number of fused-ring (bicyclic) bond motifs is 1. The molecule has 4 nitrogen and oxygen atoms in total. The molecule has 2 heterocycles. The minimum absolute atomic E-state index is 0.0870. The second kappa shape index (κ2) is 6.60. The van der Waals surface area contributed by atoms with Gasteiger partial charge in [0.15, 0.2) is 0 Å². The van der Waals surface area contributed by atoms with Crippen molar-refractivity contribution in [1.82, 2.24) is 4.98 Å². The number of carboxylic acids is 1. The third-order valence-electron chi connectivity index (χ3n) is 4.11. The number of aromatic nitrogens is 1. The Kier molecular flexibility index (Phi) is 4.37. The SMILES string of the molecule is O=C(O)Cc1ccc2c(c1)N(CCc1cccnc1)CCC2. The highest BCUT2D eigenvalue weighted by atomic mass is 16.4. The zero-order chi connectivity index (χ0) is 15.4. The van der Waals surface area contributed by atoms with Gasteiger partial charge in [0, 0.05) is 31.2 Å². The summed E-state index contributed by atoms with van der Waals surface area (Å²) >= 11 is 0. The van der Waals surface area contributed by atoms with E-state index in [0.717, 1.165) is 37.9 Å². The maximum atomic E-state index is 10.9. The molecule has 1 N–H and O–H groups in total. The molecule has 4 heteroatoms. The topological polar surface area (TPSA) is 53.4 Å². The van der Waals surface area contributed by atoms with Crippen molar-refractivity contribution in [2.45, 2.75) is 25.7 Å². The summed E-state index contributed by atoms with van der Waals surface area (Å²) < 4.78 is 0. The van der Waals surface area contributed by atoms with Crippen LogP contribution in [-0.2, 0) is 24.1 Å². The summed E-state index contributed by atoms with van der Waals surface area (Å²) in [5, 5.41) is 8.97. The Balaban J connectivity index is 1.76. The van der Waals surface area contributed by atoms with Crippen LogP contribution in [0, 0.1) is 0 Å². The smallest absolute Gasteiger partial charge is 0.307 e. The molecule has 0 saturated carbocycles.